The number of hydrogen-bond acceptors (Lipinski definition) is 4. The molecule has 1 spiro atoms. The van der Waals surface area contributed by atoms with Gasteiger partial charge in [0.25, 0.3) is 0 Å². The molecule has 1 unspecified atom stereocenters. The summed E-state index contributed by atoms with van der Waals surface area (Å²) in [6.07, 6.45) is 0.563. The first-order chi connectivity index (χ1) is 20.7. The summed E-state index contributed by atoms with van der Waals surface area (Å²) >= 11 is 6.52. The van der Waals surface area contributed by atoms with Crippen molar-refractivity contribution >= 4 is 40.2 Å². The number of hydrogen-bond donors (Lipinski definition) is 0. The first-order valence-corrected chi connectivity index (χ1v) is 14.8. The molecule has 7 rings (SSSR count). The molecule has 5 aromatic carbocycles. The molecule has 0 radical (unpaired) electrons. The van der Waals surface area contributed by atoms with Crippen LogP contribution in [0.5, 0.6) is 0 Å². The number of carbonyl (C=O) groups excluding carboxylic acids is 1. The lowest BCUT2D eigenvalue weighted by molar-refractivity contribution is -0.121. The molecule has 0 saturated carbocycles. The Bertz CT molecular complexity index is 1640. The van der Waals surface area contributed by atoms with E-state index in [9.17, 15) is 4.79 Å². The van der Waals surface area contributed by atoms with E-state index in [4.69, 9.17) is 12.2 Å². The molecular formula is C37H31N3OS. The van der Waals surface area contributed by atoms with Crippen molar-refractivity contribution in [1.29, 1.82) is 0 Å². The molecule has 0 aliphatic carbocycles. The second kappa shape index (κ2) is 10.9. The third kappa shape index (κ3) is 4.29. The predicted molar refractivity (Wildman–Crippen MR) is 175 cm³/mol. The van der Waals surface area contributed by atoms with Crippen LogP contribution in [0.15, 0.2) is 146 Å². The molecule has 2 aliphatic rings. The highest BCUT2D eigenvalue weighted by Crippen LogP contribution is 2.55. The molecular weight excluding hydrogens is 534 g/mol. The third-order valence-electron chi connectivity index (χ3n) is 8.47. The lowest BCUT2D eigenvalue weighted by Crippen LogP contribution is -2.65. The zero-order valence-electron chi connectivity index (χ0n) is 23.2. The maximum Gasteiger partial charge on any atom is 0.240 e. The van der Waals surface area contributed by atoms with Crippen LogP contribution >= 0.6 is 12.2 Å². The Hall–Kier alpha value is -4.74. The van der Waals surface area contributed by atoms with E-state index < -0.39 is 11.6 Å². The summed E-state index contributed by atoms with van der Waals surface area (Å²) in [6, 6.07) is 49.7. The molecule has 42 heavy (non-hydrogen) atoms. The lowest BCUT2D eigenvalue weighted by Gasteiger charge is -2.46. The van der Waals surface area contributed by atoms with Crippen molar-refractivity contribution in [1.82, 2.24) is 0 Å². The molecule has 4 nitrogen and oxygen atoms in total. The monoisotopic (exact) mass is 565 g/mol. The van der Waals surface area contributed by atoms with Crippen molar-refractivity contribution in [3.05, 3.63) is 162 Å². The van der Waals surface area contributed by atoms with Gasteiger partial charge in [-0.15, -0.1) is 0 Å². The van der Waals surface area contributed by atoms with Crippen LogP contribution in [0.4, 0.5) is 17.1 Å². The summed E-state index contributed by atoms with van der Waals surface area (Å²) in [5.74, 6) is -0.425. The van der Waals surface area contributed by atoms with E-state index in [1.165, 1.54) is 11.1 Å². The minimum absolute atomic E-state index is 0.0268. The fourth-order valence-electron chi connectivity index (χ4n) is 6.63. The van der Waals surface area contributed by atoms with Gasteiger partial charge in [-0.3, -0.25) is 9.69 Å². The molecule has 5 aromatic rings. The quantitative estimate of drug-likeness (QED) is 0.190. The van der Waals surface area contributed by atoms with Crippen LogP contribution in [0.1, 0.15) is 16.7 Å². The summed E-state index contributed by atoms with van der Waals surface area (Å²) in [7, 11) is 0. The van der Waals surface area contributed by atoms with Crippen LogP contribution in [0, 0.1) is 5.92 Å². The van der Waals surface area contributed by atoms with Gasteiger partial charge in [-0.05, 0) is 47.4 Å². The van der Waals surface area contributed by atoms with Crippen LogP contribution < -0.4 is 14.7 Å². The number of para-hydroxylation sites is 3. The Morgan fingerprint density at radius 3 is 1.43 bits per heavy atom. The summed E-state index contributed by atoms with van der Waals surface area (Å²) in [5, 5.41) is 0. The molecule has 1 atom stereocenters. The molecule has 1 amide bonds. The van der Waals surface area contributed by atoms with E-state index in [2.05, 4.69) is 94.7 Å². The van der Waals surface area contributed by atoms with Crippen LogP contribution in [0.3, 0.4) is 0 Å². The van der Waals surface area contributed by atoms with Crippen LogP contribution in [-0.4, -0.2) is 16.6 Å². The molecule has 0 aromatic heterocycles. The number of nitrogens with zero attached hydrogens (tertiary/aromatic N) is 3. The van der Waals surface area contributed by atoms with Gasteiger partial charge in [-0.1, -0.05) is 134 Å². The molecule has 1 saturated heterocycles. The fourth-order valence-corrected chi connectivity index (χ4v) is 7.18. The number of amides is 1. The summed E-state index contributed by atoms with van der Waals surface area (Å²) in [5.41, 5.74) is 5.51. The zero-order chi connectivity index (χ0) is 28.5. The van der Waals surface area contributed by atoms with Crippen molar-refractivity contribution < 1.29 is 4.79 Å². The van der Waals surface area contributed by atoms with Gasteiger partial charge in [0.1, 0.15) is 4.99 Å². The Morgan fingerprint density at radius 2 is 0.952 bits per heavy atom. The minimum atomic E-state index is -0.909. The molecule has 2 heterocycles. The van der Waals surface area contributed by atoms with Crippen LogP contribution in [0.2, 0.25) is 0 Å². The fraction of sp³-hybridized carbons (Fsp3) is 0.135. The maximum absolute atomic E-state index is 14.8. The zero-order valence-corrected chi connectivity index (χ0v) is 24.0. The van der Waals surface area contributed by atoms with E-state index in [1.807, 2.05) is 60.7 Å². The number of carbonyl (C=O) groups is 1. The molecule has 2 aliphatic heterocycles. The van der Waals surface area contributed by atoms with Gasteiger partial charge >= 0.3 is 0 Å². The Balaban J connectivity index is 1.48. The van der Waals surface area contributed by atoms with Crippen molar-refractivity contribution in [3.8, 4) is 0 Å². The molecule has 5 heteroatoms. The number of benzene rings is 5. The molecule has 1 fully saturated rings. The SMILES string of the molecule is O=C1C(Cc2ccccc2)C2(C(=S)N1c1ccccc1)N(Cc1ccccc1)c1ccccc1N2Cc1ccccc1. The Morgan fingerprint density at radius 1 is 0.548 bits per heavy atom. The average Bonchev–Trinajstić information content (AvgIpc) is 3.43. The Labute approximate surface area is 252 Å². The lowest BCUT2D eigenvalue weighted by atomic mass is 9.86. The molecule has 0 bridgehead atoms. The first-order valence-electron chi connectivity index (χ1n) is 14.4. The summed E-state index contributed by atoms with van der Waals surface area (Å²) < 4.78 is 0. The summed E-state index contributed by atoms with van der Waals surface area (Å²) in [6.45, 7) is 1.23. The maximum atomic E-state index is 14.8. The smallest absolute Gasteiger partial charge is 0.240 e. The van der Waals surface area contributed by atoms with Gasteiger partial charge in [0.2, 0.25) is 5.91 Å². The van der Waals surface area contributed by atoms with Gasteiger partial charge in [0.05, 0.1) is 17.3 Å². The van der Waals surface area contributed by atoms with E-state index in [-0.39, 0.29) is 5.91 Å². The van der Waals surface area contributed by atoms with Gasteiger partial charge in [0.15, 0.2) is 5.66 Å². The first kappa shape index (κ1) is 26.2. The van der Waals surface area contributed by atoms with E-state index >= 15 is 0 Å². The minimum Gasteiger partial charge on any atom is -0.336 e. The van der Waals surface area contributed by atoms with Gasteiger partial charge in [-0.25, -0.2) is 0 Å². The van der Waals surface area contributed by atoms with Gasteiger partial charge in [0, 0.05) is 18.8 Å². The molecule has 206 valence electrons. The van der Waals surface area contributed by atoms with E-state index in [0.717, 1.165) is 22.6 Å². The van der Waals surface area contributed by atoms with Crippen molar-refractivity contribution in [2.45, 2.75) is 25.2 Å². The second-order valence-electron chi connectivity index (χ2n) is 10.9. The second-order valence-corrected chi connectivity index (χ2v) is 11.3. The van der Waals surface area contributed by atoms with Gasteiger partial charge in [-0.2, -0.15) is 0 Å². The number of thiocarbonyl (C=S) groups is 1. The topological polar surface area (TPSA) is 26.8 Å². The Kier molecular flexibility index (Phi) is 6.80. The number of anilines is 3. The van der Waals surface area contributed by atoms with Crippen LogP contribution in [-0.2, 0) is 24.3 Å². The van der Waals surface area contributed by atoms with Gasteiger partial charge < -0.3 is 9.80 Å². The predicted octanol–water partition coefficient (Wildman–Crippen LogP) is 7.64. The highest BCUT2D eigenvalue weighted by atomic mass is 32.1. The standard InChI is InChI=1S/C37H31N3OS/c41-35-32(25-28-15-5-1-6-16-28)37(36(42)40(35)31-21-11-4-12-22-31)38(26-29-17-7-2-8-18-29)33-23-13-14-24-34(33)39(37)27-30-19-9-3-10-20-30/h1-24,32H,25-27H2. The largest absolute Gasteiger partial charge is 0.336 e. The molecule has 0 N–H and O–H groups in total. The highest BCUT2D eigenvalue weighted by Gasteiger charge is 2.66. The van der Waals surface area contributed by atoms with Crippen molar-refractivity contribution in [3.63, 3.8) is 0 Å². The number of rotatable bonds is 7. The van der Waals surface area contributed by atoms with Crippen molar-refractivity contribution in [2.24, 2.45) is 5.92 Å². The third-order valence-corrected chi connectivity index (χ3v) is 8.96. The van der Waals surface area contributed by atoms with E-state index in [1.54, 1.807) is 4.90 Å². The number of fused-ring (bicyclic) bond motifs is 1. The highest BCUT2D eigenvalue weighted by molar-refractivity contribution is 7.81. The average molecular weight is 566 g/mol. The van der Waals surface area contributed by atoms with Crippen molar-refractivity contribution in [2.75, 3.05) is 14.7 Å². The summed E-state index contributed by atoms with van der Waals surface area (Å²) in [4.78, 5) is 22.0. The normalized spacial score (nSPS) is 17.2. The van der Waals surface area contributed by atoms with E-state index in [0.29, 0.717) is 24.5 Å². The van der Waals surface area contributed by atoms with Crippen LogP contribution in [0.25, 0.3) is 0 Å².